The molecule has 1 aromatic carbocycles. The molecule has 0 radical (unpaired) electrons. The number of hydrogen-bond acceptors (Lipinski definition) is 2. The van der Waals surface area contributed by atoms with E-state index in [2.05, 4.69) is 13.8 Å². The molecule has 0 unspecified atom stereocenters. The molecule has 0 aliphatic carbocycles. The molecule has 1 rings (SSSR count). The van der Waals surface area contributed by atoms with Crippen molar-refractivity contribution in [3.05, 3.63) is 29.8 Å². The van der Waals surface area contributed by atoms with Crippen molar-refractivity contribution in [1.29, 1.82) is 0 Å². The predicted octanol–water partition coefficient (Wildman–Crippen LogP) is 4.03. The lowest BCUT2D eigenvalue weighted by atomic mass is 10.0. The Labute approximate surface area is 96.3 Å². The molecule has 0 aliphatic rings. The van der Waals surface area contributed by atoms with Crippen LogP contribution in [0.5, 0.6) is 0 Å². The average Bonchev–Trinajstić information content (AvgIpc) is 2.17. The van der Waals surface area contributed by atoms with E-state index in [0.717, 1.165) is 5.56 Å². The Morgan fingerprint density at radius 2 is 1.60 bits per heavy atom. The molecule has 1 nitrogen and oxygen atoms in total. The van der Waals surface area contributed by atoms with Crippen LogP contribution in [0.15, 0.2) is 29.2 Å². The zero-order valence-corrected chi connectivity index (χ0v) is 10.6. The highest BCUT2D eigenvalue weighted by Crippen LogP contribution is 2.23. The number of hydrogen-bond donors (Lipinski definition) is 0. The monoisotopic (exact) mass is 222 g/mol. The number of Topliss-reactive ketones (excluding diaryl/α,β-unsaturated/α-hetero) is 1. The SMILES string of the molecule is CC(C)Sc1ccc(C(=O)C(C)C)cc1. The summed E-state index contributed by atoms with van der Waals surface area (Å²) in [5, 5.41) is 0.580. The summed E-state index contributed by atoms with van der Waals surface area (Å²) >= 11 is 1.82. The van der Waals surface area contributed by atoms with Gasteiger partial charge in [0.2, 0.25) is 0 Å². The van der Waals surface area contributed by atoms with Gasteiger partial charge in [-0.25, -0.2) is 0 Å². The van der Waals surface area contributed by atoms with Crippen molar-refractivity contribution in [2.75, 3.05) is 0 Å². The van der Waals surface area contributed by atoms with Crippen LogP contribution in [0.2, 0.25) is 0 Å². The maximum absolute atomic E-state index is 11.7. The topological polar surface area (TPSA) is 17.1 Å². The number of carbonyl (C=O) groups excluding carboxylic acids is 1. The van der Waals surface area contributed by atoms with Crippen LogP contribution in [0, 0.1) is 5.92 Å². The molecule has 15 heavy (non-hydrogen) atoms. The molecule has 0 aromatic heterocycles. The zero-order chi connectivity index (χ0) is 11.4. The first-order valence-electron chi connectivity index (χ1n) is 5.31. The number of benzene rings is 1. The van der Waals surface area contributed by atoms with Crippen LogP contribution in [-0.4, -0.2) is 11.0 Å². The molecule has 0 N–H and O–H groups in total. The van der Waals surface area contributed by atoms with E-state index in [9.17, 15) is 4.79 Å². The number of rotatable bonds is 4. The normalized spacial score (nSPS) is 11.1. The first kappa shape index (κ1) is 12.3. The van der Waals surface area contributed by atoms with E-state index >= 15 is 0 Å². The Bertz CT molecular complexity index is 325. The van der Waals surface area contributed by atoms with E-state index in [4.69, 9.17) is 0 Å². The molecule has 0 spiro atoms. The fourth-order valence-electron chi connectivity index (χ4n) is 1.30. The standard InChI is InChI=1S/C13H18OS/c1-9(2)13(14)11-5-7-12(8-6-11)15-10(3)4/h5-10H,1-4H3. The molecule has 0 amide bonds. The van der Waals surface area contributed by atoms with Crippen molar-refractivity contribution in [1.82, 2.24) is 0 Å². The molecule has 1 aromatic rings. The minimum Gasteiger partial charge on any atom is -0.294 e. The third-order valence-corrected chi connectivity index (χ3v) is 3.05. The van der Waals surface area contributed by atoms with Gasteiger partial charge in [0.15, 0.2) is 5.78 Å². The van der Waals surface area contributed by atoms with E-state index < -0.39 is 0 Å². The molecule has 0 atom stereocenters. The summed E-state index contributed by atoms with van der Waals surface area (Å²) in [5.41, 5.74) is 0.818. The van der Waals surface area contributed by atoms with Crippen LogP contribution in [0.4, 0.5) is 0 Å². The van der Waals surface area contributed by atoms with Gasteiger partial charge in [-0.05, 0) is 12.1 Å². The van der Waals surface area contributed by atoms with Crippen LogP contribution in [0.1, 0.15) is 38.1 Å². The van der Waals surface area contributed by atoms with Gasteiger partial charge in [0.05, 0.1) is 0 Å². The Morgan fingerprint density at radius 3 is 2.00 bits per heavy atom. The Morgan fingerprint density at radius 1 is 1.07 bits per heavy atom. The van der Waals surface area contributed by atoms with E-state index in [1.165, 1.54) is 4.90 Å². The molecular weight excluding hydrogens is 204 g/mol. The highest BCUT2D eigenvalue weighted by atomic mass is 32.2. The van der Waals surface area contributed by atoms with Crippen molar-refractivity contribution >= 4 is 17.5 Å². The molecule has 82 valence electrons. The van der Waals surface area contributed by atoms with Crippen LogP contribution >= 0.6 is 11.8 Å². The lowest BCUT2D eigenvalue weighted by Crippen LogP contribution is -2.06. The molecule has 0 saturated carbocycles. The maximum atomic E-state index is 11.7. The Hall–Kier alpha value is -0.760. The molecule has 0 bridgehead atoms. The second-order valence-electron chi connectivity index (χ2n) is 4.21. The third kappa shape index (κ3) is 3.71. The summed E-state index contributed by atoms with van der Waals surface area (Å²) in [6.45, 7) is 8.19. The average molecular weight is 222 g/mol. The van der Waals surface area contributed by atoms with Gasteiger partial charge < -0.3 is 0 Å². The second kappa shape index (κ2) is 5.36. The highest BCUT2D eigenvalue weighted by Gasteiger charge is 2.09. The van der Waals surface area contributed by atoms with E-state index in [1.54, 1.807) is 0 Å². The summed E-state index contributed by atoms with van der Waals surface area (Å²) in [6, 6.07) is 7.90. The molecular formula is C13H18OS. The summed E-state index contributed by atoms with van der Waals surface area (Å²) in [6.07, 6.45) is 0. The second-order valence-corrected chi connectivity index (χ2v) is 5.86. The van der Waals surface area contributed by atoms with Gasteiger partial charge in [-0.15, -0.1) is 11.8 Å². The lowest BCUT2D eigenvalue weighted by Gasteiger charge is -2.07. The first-order chi connectivity index (χ1) is 7.00. The largest absolute Gasteiger partial charge is 0.294 e. The van der Waals surface area contributed by atoms with Gasteiger partial charge in [-0.3, -0.25) is 4.79 Å². The first-order valence-corrected chi connectivity index (χ1v) is 6.19. The van der Waals surface area contributed by atoms with Crippen LogP contribution in [0.25, 0.3) is 0 Å². The van der Waals surface area contributed by atoms with E-state index in [0.29, 0.717) is 5.25 Å². The molecule has 0 aliphatic heterocycles. The fraction of sp³-hybridized carbons (Fsp3) is 0.462. The lowest BCUT2D eigenvalue weighted by molar-refractivity contribution is 0.0939. The summed E-state index contributed by atoms with van der Waals surface area (Å²) in [7, 11) is 0. The minimum atomic E-state index is 0.0774. The molecule has 2 heteroatoms. The van der Waals surface area contributed by atoms with Crippen molar-refractivity contribution in [3.8, 4) is 0 Å². The summed E-state index contributed by atoms with van der Waals surface area (Å²) in [4.78, 5) is 12.9. The quantitative estimate of drug-likeness (QED) is 0.565. The number of ketones is 1. The summed E-state index contributed by atoms with van der Waals surface area (Å²) in [5.74, 6) is 0.296. The highest BCUT2D eigenvalue weighted by molar-refractivity contribution is 7.99. The van der Waals surface area contributed by atoms with E-state index in [-0.39, 0.29) is 11.7 Å². The molecule has 0 fully saturated rings. The van der Waals surface area contributed by atoms with Gasteiger partial charge in [-0.1, -0.05) is 39.8 Å². The smallest absolute Gasteiger partial charge is 0.165 e. The van der Waals surface area contributed by atoms with Crippen LogP contribution < -0.4 is 0 Å². The van der Waals surface area contributed by atoms with Crippen molar-refractivity contribution < 1.29 is 4.79 Å². The summed E-state index contributed by atoms with van der Waals surface area (Å²) < 4.78 is 0. The Kier molecular flexibility index (Phi) is 4.40. The predicted molar refractivity (Wildman–Crippen MR) is 66.6 cm³/mol. The van der Waals surface area contributed by atoms with Crippen molar-refractivity contribution in [3.63, 3.8) is 0 Å². The van der Waals surface area contributed by atoms with Crippen molar-refractivity contribution in [2.45, 2.75) is 37.8 Å². The zero-order valence-electron chi connectivity index (χ0n) is 9.78. The molecule has 0 saturated heterocycles. The maximum Gasteiger partial charge on any atom is 0.165 e. The number of thioether (sulfide) groups is 1. The van der Waals surface area contributed by atoms with Gasteiger partial charge in [0.1, 0.15) is 0 Å². The van der Waals surface area contributed by atoms with Crippen LogP contribution in [-0.2, 0) is 0 Å². The van der Waals surface area contributed by atoms with Gasteiger partial charge >= 0.3 is 0 Å². The number of carbonyl (C=O) groups is 1. The van der Waals surface area contributed by atoms with Crippen molar-refractivity contribution in [2.24, 2.45) is 5.92 Å². The fourth-order valence-corrected chi connectivity index (χ4v) is 2.14. The van der Waals surface area contributed by atoms with Gasteiger partial charge in [0, 0.05) is 21.6 Å². The van der Waals surface area contributed by atoms with Gasteiger partial charge in [0.25, 0.3) is 0 Å². The Balaban J connectivity index is 2.76. The third-order valence-electron chi connectivity index (χ3n) is 2.03. The van der Waals surface area contributed by atoms with Crippen LogP contribution in [0.3, 0.4) is 0 Å². The molecule has 0 heterocycles. The minimum absolute atomic E-state index is 0.0774. The van der Waals surface area contributed by atoms with Gasteiger partial charge in [-0.2, -0.15) is 0 Å². The van der Waals surface area contributed by atoms with E-state index in [1.807, 2.05) is 49.9 Å².